The number of nitrogens with zero attached hydrogens (tertiary/aromatic N) is 6. The highest BCUT2D eigenvalue weighted by atomic mass is 19.1. The van der Waals surface area contributed by atoms with E-state index in [9.17, 15) is 4.39 Å². The number of nitrogens with two attached hydrogens (primary N) is 1. The molecule has 0 aliphatic rings. The van der Waals surface area contributed by atoms with Crippen LogP contribution in [-0.4, -0.2) is 29.5 Å². The lowest BCUT2D eigenvalue weighted by Crippen LogP contribution is -2.07. The predicted octanol–water partition coefficient (Wildman–Crippen LogP) is 3.63. The van der Waals surface area contributed by atoms with Crippen molar-refractivity contribution in [3.63, 3.8) is 0 Å². The summed E-state index contributed by atoms with van der Waals surface area (Å²) >= 11 is 0. The zero-order valence-electron chi connectivity index (χ0n) is 16.8. The van der Waals surface area contributed by atoms with Gasteiger partial charge in [-0.3, -0.25) is 4.68 Å². The third-order valence-corrected chi connectivity index (χ3v) is 4.86. The van der Waals surface area contributed by atoms with Crippen LogP contribution >= 0.6 is 0 Å². The molecule has 0 aliphatic heterocycles. The zero-order chi connectivity index (χ0) is 20.7. The van der Waals surface area contributed by atoms with E-state index in [0.29, 0.717) is 23.0 Å². The van der Waals surface area contributed by atoms with Gasteiger partial charge in [0.05, 0.1) is 17.6 Å². The van der Waals surface area contributed by atoms with Crippen LogP contribution in [0.15, 0.2) is 36.5 Å². The number of hydrogen-bond donors (Lipinski definition) is 1. The first kappa shape index (κ1) is 18.8. The largest absolute Gasteiger partial charge is 0.382 e. The van der Waals surface area contributed by atoms with Crippen LogP contribution in [0.25, 0.3) is 28.5 Å². The lowest BCUT2D eigenvalue weighted by atomic mass is 10.0. The molecule has 0 unspecified atom stereocenters. The van der Waals surface area contributed by atoms with Crippen molar-refractivity contribution in [2.45, 2.75) is 27.2 Å². The maximum absolute atomic E-state index is 13.3. The second-order valence-electron chi connectivity index (χ2n) is 6.96. The molecule has 0 fully saturated rings. The highest BCUT2D eigenvalue weighted by molar-refractivity contribution is 5.72. The standard InChI is InChI=1S/C21H22FN7/c1-5-16-18(27-28(4)19(16)14-6-8-15(22)9-7-14)21-24-11-17(20(23)25-21)29-13(3)10-12(2)26-29/h6-11H,5H2,1-4H3,(H2,23,24,25). The summed E-state index contributed by atoms with van der Waals surface area (Å²) in [6, 6.07) is 8.35. The lowest BCUT2D eigenvalue weighted by Gasteiger charge is -2.08. The molecule has 4 aromatic rings. The summed E-state index contributed by atoms with van der Waals surface area (Å²) in [6.07, 6.45) is 2.39. The second-order valence-corrected chi connectivity index (χ2v) is 6.96. The van der Waals surface area contributed by atoms with E-state index in [-0.39, 0.29) is 5.82 Å². The third kappa shape index (κ3) is 3.26. The topological polar surface area (TPSA) is 87.4 Å². The van der Waals surface area contributed by atoms with E-state index in [1.165, 1.54) is 12.1 Å². The second kappa shape index (κ2) is 7.12. The van der Waals surface area contributed by atoms with Gasteiger partial charge >= 0.3 is 0 Å². The van der Waals surface area contributed by atoms with Crippen LogP contribution < -0.4 is 5.73 Å². The Balaban J connectivity index is 1.81. The van der Waals surface area contributed by atoms with Gasteiger partial charge in [0.15, 0.2) is 11.6 Å². The maximum Gasteiger partial charge on any atom is 0.182 e. The number of benzene rings is 1. The van der Waals surface area contributed by atoms with Crippen LogP contribution in [0.2, 0.25) is 0 Å². The maximum atomic E-state index is 13.3. The molecular weight excluding hydrogens is 369 g/mol. The molecule has 0 bridgehead atoms. The number of anilines is 1. The first-order chi connectivity index (χ1) is 13.9. The van der Waals surface area contributed by atoms with E-state index >= 15 is 0 Å². The van der Waals surface area contributed by atoms with Gasteiger partial charge < -0.3 is 5.73 Å². The predicted molar refractivity (Wildman–Crippen MR) is 110 cm³/mol. The van der Waals surface area contributed by atoms with Crippen molar-refractivity contribution < 1.29 is 4.39 Å². The molecule has 0 amide bonds. The van der Waals surface area contributed by atoms with E-state index in [1.807, 2.05) is 33.9 Å². The van der Waals surface area contributed by atoms with Gasteiger partial charge in [-0.25, -0.2) is 19.0 Å². The van der Waals surface area contributed by atoms with E-state index < -0.39 is 0 Å². The van der Waals surface area contributed by atoms with Gasteiger partial charge in [-0.2, -0.15) is 10.2 Å². The van der Waals surface area contributed by atoms with Crippen molar-refractivity contribution in [2.24, 2.45) is 7.05 Å². The average Bonchev–Trinajstić information content (AvgIpc) is 3.20. The summed E-state index contributed by atoms with van der Waals surface area (Å²) in [5.74, 6) is 0.510. The molecule has 0 aliphatic carbocycles. The summed E-state index contributed by atoms with van der Waals surface area (Å²) in [4.78, 5) is 9.03. The van der Waals surface area contributed by atoms with E-state index in [4.69, 9.17) is 5.73 Å². The SMILES string of the molecule is CCc1c(-c2ncc(-n3nc(C)cc3C)c(N)n2)nn(C)c1-c1ccc(F)cc1. The van der Waals surface area contributed by atoms with Crippen molar-refractivity contribution in [2.75, 3.05) is 5.73 Å². The summed E-state index contributed by atoms with van der Waals surface area (Å²) in [6.45, 7) is 5.92. The number of rotatable bonds is 4. The lowest BCUT2D eigenvalue weighted by molar-refractivity contribution is 0.628. The molecule has 3 aromatic heterocycles. The Morgan fingerprint density at radius 2 is 1.83 bits per heavy atom. The Hall–Kier alpha value is -3.55. The molecule has 2 N–H and O–H groups in total. The highest BCUT2D eigenvalue weighted by Crippen LogP contribution is 2.31. The molecule has 0 saturated heterocycles. The van der Waals surface area contributed by atoms with Crippen LogP contribution in [0.5, 0.6) is 0 Å². The minimum Gasteiger partial charge on any atom is -0.382 e. The molecule has 0 atom stereocenters. The molecule has 0 saturated carbocycles. The molecule has 8 heteroatoms. The van der Waals surface area contributed by atoms with Crippen LogP contribution in [-0.2, 0) is 13.5 Å². The number of aromatic nitrogens is 6. The molecule has 3 heterocycles. The van der Waals surface area contributed by atoms with Crippen LogP contribution in [0, 0.1) is 19.7 Å². The Labute approximate surface area is 168 Å². The molecular formula is C21H22FN7. The highest BCUT2D eigenvalue weighted by Gasteiger charge is 2.21. The fraction of sp³-hybridized carbons (Fsp3) is 0.238. The minimum absolute atomic E-state index is 0.273. The molecule has 148 valence electrons. The Bertz CT molecular complexity index is 1190. The van der Waals surface area contributed by atoms with Crippen LogP contribution in [0.1, 0.15) is 23.9 Å². The van der Waals surface area contributed by atoms with Crippen molar-refractivity contribution in [1.82, 2.24) is 29.5 Å². The quantitative estimate of drug-likeness (QED) is 0.574. The van der Waals surface area contributed by atoms with E-state index in [1.54, 1.807) is 27.7 Å². The van der Waals surface area contributed by atoms with E-state index in [2.05, 4.69) is 20.2 Å². The van der Waals surface area contributed by atoms with Crippen molar-refractivity contribution in [3.05, 3.63) is 59.3 Å². The van der Waals surface area contributed by atoms with Gasteiger partial charge in [-0.15, -0.1) is 0 Å². The Morgan fingerprint density at radius 3 is 2.41 bits per heavy atom. The first-order valence-corrected chi connectivity index (χ1v) is 9.37. The molecule has 1 aromatic carbocycles. The Morgan fingerprint density at radius 1 is 1.10 bits per heavy atom. The van der Waals surface area contributed by atoms with Gasteiger partial charge in [-0.1, -0.05) is 6.92 Å². The monoisotopic (exact) mass is 391 g/mol. The van der Waals surface area contributed by atoms with Gasteiger partial charge in [0.2, 0.25) is 0 Å². The van der Waals surface area contributed by atoms with Crippen molar-refractivity contribution in [3.8, 4) is 28.5 Å². The minimum atomic E-state index is -0.273. The third-order valence-electron chi connectivity index (χ3n) is 4.86. The molecule has 0 radical (unpaired) electrons. The number of halogens is 1. The number of nitrogen functional groups attached to an aromatic ring is 1. The summed E-state index contributed by atoms with van der Waals surface area (Å²) in [5.41, 5.74) is 12.2. The summed E-state index contributed by atoms with van der Waals surface area (Å²) < 4.78 is 16.9. The molecule has 7 nitrogen and oxygen atoms in total. The van der Waals surface area contributed by atoms with Crippen molar-refractivity contribution >= 4 is 5.82 Å². The Kier molecular flexibility index (Phi) is 4.62. The van der Waals surface area contributed by atoms with E-state index in [0.717, 1.165) is 34.6 Å². The summed E-state index contributed by atoms with van der Waals surface area (Å²) in [5, 5.41) is 9.08. The fourth-order valence-corrected chi connectivity index (χ4v) is 3.59. The normalized spacial score (nSPS) is 11.2. The number of hydrogen-bond acceptors (Lipinski definition) is 5. The van der Waals surface area contributed by atoms with Crippen LogP contribution in [0.4, 0.5) is 10.2 Å². The molecule has 0 spiro atoms. The molecule has 4 rings (SSSR count). The van der Waals surface area contributed by atoms with Gasteiger partial charge in [0, 0.05) is 23.9 Å². The van der Waals surface area contributed by atoms with Gasteiger partial charge in [0.1, 0.15) is 17.2 Å². The average molecular weight is 391 g/mol. The van der Waals surface area contributed by atoms with Crippen LogP contribution in [0.3, 0.4) is 0 Å². The first-order valence-electron chi connectivity index (χ1n) is 9.37. The number of aryl methyl sites for hydroxylation is 3. The summed E-state index contributed by atoms with van der Waals surface area (Å²) in [7, 11) is 1.86. The smallest absolute Gasteiger partial charge is 0.182 e. The van der Waals surface area contributed by atoms with Gasteiger partial charge in [-0.05, 0) is 50.6 Å². The van der Waals surface area contributed by atoms with Crippen molar-refractivity contribution in [1.29, 1.82) is 0 Å². The zero-order valence-corrected chi connectivity index (χ0v) is 16.8. The molecule has 29 heavy (non-hydrogen) atoms. The van der Waals surface area contributed by atoms with Gasteiger partial charge in [0.25, 0.3) is 0 Å². The fourth-order valence-electron chi connectivity index (χ4n) is 3.59.